The maximum Gasteiger partial charge on any atom is 0.224 e. The highest BCUT2D eigenvalue weighted by atomic mass is 32.1. The molecule has 5 heteroatoms. The first kappa shape index (κ1) is 12.8. The van der Waals surface area contributed by atoms with Gasteiger partial charge in [0.15, 0.2) is 0 Å². The summed E-state index contributed by atoms with van der Waals surface area (Å²) in [4.78, 5) is 12.0. The van der Waals surface area contributed by atoms with E-state index in [1.165, 1.54) is 12.8 Å². The molecule has 1 aliphatic rings. The third-order valence-electron chi connectivity index (χ3n) is 2.67. The maximum atomic E-state index is 11.6. The van der Waals surface area contributed by atoms with Crippen molar-refractivity contribution in [3.8, 4) is 5.75 Å². The molecule has 3 N–H and O–H groups in total. The lowest BCUT2D eigenvalue weighted by molar-refractivity contribution is -0.116. The van der Waals surface area contributed by atoms with E-state index in [0.717, 1.165) is 5.69 Å². The lowest BCUT2D eigenvalue weighted by Gasteiger charge is -2.08. The van der Waals surface area contributed by atoms with Crippen molar-refractivity contribution in [1.82, 2.24) is 0 Å². The number of anilines is 1. The Morgan fingerprint density at radius 1 is 1.50 bits per heavy atom. The molecule has 1 aromatic carbocycles. The molecule has 2 rings (SSSR count). The van der Waals surface area contributed by atoms with Crippen LogP contribution in [0.3, 0.4) is 0 Å². The number of rotatable bonds is 6. The zero-order valence-corrected chi connectivity index (χ0v) is 10.8. The van der Waals surface area contributed by atoms with E-state index in [4.69, 9.17) is 22.7 Å². The number of nitrogens with two attached hydrogens (primary N) is 1. The molecule has 0 bridgehead atoms. The molecule has 0 atom stereocenters. The first-order valence-corrected chi connectivity index (χ1v) is 6.35. The lowest BCUT2D eigenvalue weighted by atomic mass is 10.2. The number of thiocarbonyl (C=S) groups is 1. The fourth-order valence-electron chi connectivity index (χ4n) is 1.61. The van der Waals surface area contributed by atoms with E-state index >= 15 is 0 Å². The van der Waals surface area contributed by atoms with E-state index in [0.29, 0.717) is 23.1 Å². The summed E-state index contributed by atoms with van der Waals surface area (Å²) in [6.45, 7) is 0.203. The first-order valence-electron chi connectivity index (χ1n) is 5.94. The van der Waals surface area contributed by atoms with Crippen molar-refractivity contribution in [3.63, 3.8) is 0 Å². The van der Waals surface area contributed by atoms with E-state index in [2.05, 4.69) is 5.32 Å². The van der Waals surface area contributed by atoms with Crippen LogP contribution in [0.15, 0.2) is 24.3 Å². The van der Waals surface area contributed by atoms with Crippen LogP contribution in [-0.2, 0) is 4.79 Å². The number of carbonyl (C=O) groups is 1. The van der Waals surface area contributed by atoms with Crippen LogP contribution in [-0.4, -0.2) is 17.5 Å². The minimum atomic E-state index is 0.0593. The van der Waals surface area contributed by atoms with E-state index in [1.807, 2.05) is 12.1 Å². The number of hydrogen-bond donors (Lipinski definition) is 2. The second kappa shape index (κ2) is 5.82. The molecule has 0 saturated heterocycles. The number of carbonyl (C=O) groups excluding carboxylic acids is 1. The average Bonchev–Trinajstić information content (AvgIpc) is 3.10. The second-order valence-corrected chi connectivity index (χ2v) is 5.00. The number of amides is 1. The highest BCUT2D eigenvalue weighted by molar-refractivity contribution is 7.80. The summed E-state index contributed by atoms with van der Waals surface area (Å²) in [5.74, 6) is 1.29. The largest absolute Gasteiger partial charge is 0.486 e. The zero-order valence-electron chi connectivity index (χ0n) is 10.0. The molecule has 1 amide bonds. The van der Waals surface area contributed by atoms with Gasteiger partial charge in [-0.2, -0.15) is 0 Å². The Kier molecular flexibility index (Phi) is 4.15. The van der Waals surface area contributed by atoms with Crippen molar-refractivity contribution in [1.29, 1.82) is 0 Å². The molecular weight excluding hydrogens is 248 g/mol. The fraction of sp³-hybridized carbons (Fsp3) is 0.385. The number of ether oxygens (including phenoxy) is 1. The monoisotopic (exact) mass is 264 g/mol. The smallest absolute Gasteiger partial charge is 0.224 e. The quantitative estimate of drug-likeness (QED) is 0.772. The highest BCUT2D eigenvalue weighted by Gasteiger charge is 2.24. The van der Waals surface area contributed by atoms with Gasteiger partial charge >= 0.3 is 0 Å². The molecule has 0 heterocycles. The van der Waals surface area contributed by atoms with Gasteiger partial charge in [-0.3, -0.25) is 4.79 Å². The van der Waals surface area contributed by atoms with Gasteiger partial charge < -0.3 is 15.8 Å². The summed E-state index contributed by atoms with van der Waals surface area (Å²) >= 11 is 4.73. The Balaban J connectivity index is 1.89. The molecule has 18 heavy (non-hydrogen) atoms. The Morgan fingerprint density at radius 3 is 2.94 bits per heavy atom. The van der Waals surface area contributed by atoms with Crippen LogP contribution in [0.1, 0.15) is 19.3 Å². The normalized spacial score (nSPS) is 14.0. The molecule has 1 saturated carbocycles. The lowest BCUT2D eigenvalue weighted by Crippen LogP contribution is -2.18. The van der Waals surface area contributed by atoms with Crippen LogP contribution in [0.4, 0.5) is 5.69 Å². The van der Waals surface area contributed by atoms with Gasteiger partial charge in [0.25, 0.3) is 0 Å². The van der Waals surface area contributed by atoms with E-state index in [-0.39, 0.29) is 12.5 Å². The van der Waals surface area contributed by atoms with Crippen molar-refractivity contribution in [2.45, 2.75) is 19.3 Å². The molecule has 0 aliphatic heterocycles. The molecule has 0 spiro atoms. The van der Waals surface area contributed by atoms with Gasteiger partial charge in [0, 0.05) is 18.2 Å². The van der Waals surface area contributed by atoms with Crippen LogP contribution in [0, 0.1) is 5.92 Å². The molecular formula is C13H16N2O2S. The minimum absolute atomic E-state index is 0.0593. The Labute approximate surface area is 112 Å². The Hall–Kier alpha value is -1.62. The average molecular weight is 264 g/mol. The van der Waals surface area contributed by atoms with E-state index in [9.17, 15) is 4.79 Å². The number of hydrogen-bond acceptors (Lipinski definition) is 3. The van der Waals surface area contributed by atoms with Gasteiger partial charge in [-0.05, 0) is 30.9 Å². The molecule has 1 aromatic rings. The van der Waals surface area contributed by atoms with Gasteiger partial charge in [-0.1, -0.05) is 18.3 Å². The number of benzene rings is 1. The molecule has 1 aliphatic carbocycles. The molecule has 0 aromatic heterocycles. The van der Waals surface area contributed by atoms with Crippen molar-refractivity contribution in [2.24, 2.45) is 11.7 Å². The molecule has 96 valence electrons. The summed E-state index contributed by atoms with van der Waals surface area (Å²) in [5.41, 5.74) is 6.09. The van der Waals surface area contributed by atoms with Gasteiger partial charge in [0.2, 0.25) is 5.91 Å². The molecule has 0 radical (unpaired) electrons. The summed E-state index contributed by atoms with van der Waals surface area (Å²) in [6.07, 6.45) is 2.95. The number of nitrogens with one attached hydrogen (secondary N) is 1. The van der Waals surface area contributed by atoms with Crippen molar-refractivity contribution in [2.75, 3.05) is 11.9 Å². The predicted molar refractivity (Wildman–Crippen MR) is 74.7 cm³/mol. The van der Waals surface area contributed by atoms with Gasteiger partial charge in [-0.25, -0.2) is 0 Å². The molecule has 0 unspecified atom stereocenters. The second-order valence-electron chi connectivity index (χ2n) is 4.48. The van der Waals surface area contributed by atoms with Crippen LogP contribution in [0.2, 0.25) is 0 Å². The Morgan fingerprint density at radius 2 is 2.28 bits per heavy atom. The maximum absolute atomic E-state index is 11.6. The highest BCUT2D eigenvalue weighted by Crippen LogP contribution is 2.32. The topological polar surface area (TPSA) is 64.3 Å². The SMILES string of the molecule is NC(=S)COc1cccc(NC(=O)CC2CC2)c1. The summed E-state index contributed by atoms with van der Waals surface area (Å²) < 4.78 is 5.37. The van der Waals surface area contributed by atoms with Gasteiger partial charge in [0.05, 0.1) is 0 Å². The Bertz CT molecular complexity index is 458. The van der Waals surface area contributed by atoms with Crippen LogP contribution >= 0.6 is 12.2 Å². The zero-order chi connectivity index (χ0) is 13.0. The fourth-order valence-corrected chi connectivity index (χ4v) is 1.67. The van der Waals surface area contributed by atoms with Crippen LogP contribution in [0.25, 0.3) is 0 Å². The summed E-state index contributed by atoms with van der Waals surface area (Å²) in [7, 11) is 0. The van der Waals surface area contributed by atoms with Gasteiger partial charge in [-0.15, -0.1) is 0 Å². The molecule has 4 nitrogen and oxygen atoms in total. The van der Waals surface area contributed by atoms with Crippen LogP contribution < -0.4 is 15.8 Å². The van der Waals surface area contributed by atoms with E-state index < -0.39 is 0 Å². The third-order valence-corrected chi connectivity index (χ3v) is 2.79. The van der Waals surface area contributed by atoms with Crippen molar-refractivity contribution in [3.05, 3.63) is 24.3 Å². The van der Waals surface area contributed by atoms with Crippen molar-refractivity contribution >= 4 is 28.8 Å². The van der Waals surface area contributed by atoms with Crippen molar-refractivity contribution < 1.29 is 9.53 Å². The summed E-state index contributed by atoms with van der Waals surface area (Å²) in [5, 5.41) is 2.86. The minimum Gasteiger partial charge on any atom is -0.486 e. The van der Waals surface area contributed by atoms with Gasteiger partial charge in [0.1, 0.15) is 17.3 Å². The molecule has 1 fully saturated rings. The third kappa shape index (κ3) is 4.33. The standard InChI is InChI=1S/C13H16N2O2S/c14-12(18)8-17-11-3-1-2-10(7-11)15-13(16)6-9-4-5-9/h1-3,7,9H,4-6,8H2,(H2,14,18)(H,15,16). The first-order chi connectivity index (χ1) is 8.63. The van der Waals surface area contributed by atoms with Crippen LogP contribution in [0.5, 0.6) is 5.75 Å². The summed E-state index contributed by atoms with van der Waals surface area (Å²) in [6, 6.07) is 7.22. The predicted octanol–water partition coefficient (Wildman–Crippen LogP) is 2.09. The van der Waals surface area contributed by atoms with E-state index in [1.54, 1.807) is 12.1 Å².